The van der Waals surface area contributed by atoms with E-state index in [0.29, 0.717) is 12.3 Å². The van der Waals surface area contributed by atoms with Crippen LogP contribution in [0.2, 0.25) is 0 Å². The molecule has 2 N–H and O–H groups in total. The van der Waals surface area contributed by atoms with Gasteiger partial charge in [-0.2, -0.15) is 0 Å². The fourth-order valence-electron chi connectivity index (χ4n) is 3.44. The van der Waals surface area contributed by atoms with Crippen molar-refractivity contribution in [2.24, 2.45) is 0 Å². The molecule has 1 aromatic heterocycles. The van der Waals surface area contributed by atoms with Crippen LogP contribution in [0, 0.1) is 19.3 Å². The molecule has 30 heavy (non-hydrogen) atoms. The first-order chi connectivity index (χ1) is 14.5. The highest BCUT2D eigenvalue weighted by atomic mass is 32.1. The lowest BCUT2D eigenvalue weighted by Gasteiger charge is -2.14. The molecule has 3 rings (SSSR count). The van der Waals surface area contributed by atoms with Gasteiger partial charge in [-0.05, 0) is 73.2 Å². The topological polar surface area (TPSA) is 58.0 Å². The molecule has 0 amide bonds. The fourth-order valence-corrected chi connectivity index (χ4v) is 4.20. The number of anilines is 1. The smallest absolute Gasteiger partial charge is 0.183 e. The van der Waals surface area contributed by atoms with Crippen LogP contribution in [0.1, 0.15) is 47.4 Å². The number of nitrogens with one attached hydrogen (secondary N) is 2. The van der Waals surface area contributed by atoms with E-state index in [0.717, 1.165) is 51.0 Å². The second kappa shape index (κ2) is 10.2. The molecule has 0 saturated carbocycles. The Hall–Kier alpha value is -2.92. The lowest BCUT2D eigenvalue weighted by atomic mass is 9.95. The molecule has 0 spiro atoms. The quantitative estimate of drug-likeness (QED) is 0.383. The molecule has 3 aromatic rings. The Balaban J connectivity index is 1.74. The van der Waals surface area contributed by atoms with Gasteiger partial charge in [-0.25, -0.2) is 4.98 Å². The molecule has 0 aliphatic carbocycles. The molecule has 0 bridgehead atoms. The normalized spacial score (nSPS) is 11.4. The van der Waals surface area contributed by atoms with Crippen LogP contribution < -0.4 is 10.1 Å². The summed E-state index contributed by atoms with van der Waals surface area (Å²) in [5.41, 5.74) is 6.17. The largest absolute Gasteiger partial charge is 0.489 e. The number of rotatable bonds is 9. The summed E-state index contributed by atoms with van der Waals surface area (Å²) in [6.07, 6.45) is 4.75. The van der Waals surface area contributed by atoms with E-state index in [2.05, 4.69) is 62.3 Å². The van der Waals surface area contributed by atoms with Crippen molar-refractivity contribution >= 4 is 27.8 Å². The van der Waals surface area contributed by atoms with Crippen LogP contribution in [0.3, 0.4) is 0 Å². The van der Waals surface area contributed by atoms with Gasteiger partial charge in [0.05, 0.1) is 10.6 Å². The van der Waals surface area contributed by atoms with E-state index in [1.165, 1.54) is 16.9 Å². The van der Waals surface area contributed by atoms with E-state index in [4.69, 9.17) is 10.1 Å². The summed E-state index contributed by atoms with van der Waals surface area (Å²) in [4.78, 5) is 5.23. The Morgan fingerprint density at radius 2 is 1.87 bits per heavy atom. The second-order valence-corrected chi connectivity index (χ2v) is 8.43. The monoisotopic (exact) mass is 419 g/mol. The van der Waals surface area contributed by atoms with Crippen molar-refractivity contribution in [3.05, 3.63) is 81.9 Å². The van der Waals surface area contributed by atoms with Gasteiger partial charge in [0.25, 0.3) is 0 Å². The first-order valence-electron chi connectivity index (χ1n) is 10.2. The third-order valence-electron chi connectivity index (χ3n) is 4.81. The maximum absolute atomic E-state index is 8.49. The summed E-state index contributed by atoms with van der Waals surface area (Å²) in [6, 6.07) is 14.3. The van der Waals surface area contributed by atoms with Gasteiger partial charge in [0.15, 0.2) is 5.13 Å². The first-order valence-corrected chi connectivity index (χ1v) is 11.0. The van der Waals surface area contributed by atoms with E-state index in [-0.39, 0.29) is 0 Å². The average Bonchev–Trinajstić information content (AvgIpc) is 3.20. The minimum Gasteiger partial charge on any atom is -0.489 e. The Morgan fingerprint density at radius 3 is 2.53 bits per heavy atom. The van der Waals surface area contributed by atoms with Gasteiger partial charge in [-0.1, -0.05) is 48.6 Å². The van der Waals surface area contributed by atoms with Crippen LogP contribution in [-0.4, -0.2) is 17.2 Å². The van der Waals surface area contributed by atoms with Gasteiger partial charge in [0.1, 0.15) is 12.4 Å². The van der Waals surface area contributed by atoms with Crippen molar-refractivity contribution in [1.82, 2.24) is 4.98 Å². The van der Waals surface area contributed by atoms with Crippen molar-refractivity contribution < 1.29 is 4.74 Å². The molecule has 0 aliphatic heterocycles. The molecule has 0 aliphatic rings. The van der Waals surface area contributed by atoms with Crippen molar-refractivity contribution in [2.45, 2.75) is 40.7 Å². The molecule has 0 atom stereocenters. The SMILES string of the molecule is CCCNc1ncc(C(=N)/C=C(\C)c2c(C)cc(OCc3ccccc3)cc2C)s1. The minimum atomic E-state index is 0.484. The zero-order valence-electron chi connectivity index (χ0n) is 18.1. The highest BCUT2D eigenvalue weighted by Gasteiger charge is 2.11. The Bertz CT molecular complexity index is 1010. The molecular weight excluding hydrogens is 390 g/mol. The molecule has 5 heteroatoms. The van der Waals surface area contributed by atoms with Gasteiger partial charge < -0.3 is 10.1 Å². The summed E-state index contributed by atoms with van der Waals surface area (Å²) < 4.78 is 6.00. The van der Waals surface area contributed by atoms with E-state index in [1.54, 1.807) is 6.20 Å². The summed E-state index contributed by atoms with van der Waals surface area (Å²) in [5.74, 6) is 0.870. The summed E-state index contributed by atoms with van der Waals surface area (Å²) in [6.45, 7) is 9.82. The second-order valence-electron chi connectivity index (χ2n) is 7.40. The van der Waals surface area contributed by atoms with Crippen molar-refractivity contribution in [2.75, 3.05) is 11.9 Å². The Labute approximate surface area is 183 Å². The van der Waals surface area contributed by atoms with Gasteiger partial charge >= 0.3 is 0 Å². The highest BCUT2D eigenvalue weighted by molar-refractivity contribution is 7.17. The number of ether oxygens (including phenoxy) is 1. The summed E-state index contributed by atoms with van der Waals surface area (Å²) >= 11 is 1.52. The Morgan fingerprint density at radius 1 is 1.17 bits per heavy atom. The number of aryl methyl sites for hydroxylation is 2. The van der Waals surface area contributed by atoms with Crippen molar-refractivity contribution in [3.8, 4) is 5.75 Å². The first kappa shape index (κ1) is 21.8. The molecular formula is C25H29N3OS. The van der Waals surface area contributed by atoms with Crippen molar-refractivity contribution in [3.63, 3.8) is 0 Å². The third-order valence-corrected chi connectivity index (χ3v) is 5.80. The molecule has 1 heterocycles. The zero-order chi connectivity index (χ0) is 21.5. The van der Waals surface area contributed by atoms with Crippen LogP contribution in [0.25, 0.3) is 5.57 Å². The lowest BCUT2D eigenvalue weighted by Crippen LogP contribution is -1.99. The molecule has 0 radical (unpaired) electrons. The molecule has 4 nitrogen and oxygen atoms in total. The predicted octanol–water partition coefficient (Wildman–Crippen LogP) is 6.63. The van der Waals surface area contributed by atoms with E-state index in [9.17, 15) is 0 Å². The van der Waals surface area contributed by atoms with Gasteiger partial charge in [-0.15, -0.1) is 0 Å². The molecule has 0 saturated heterocycles. The minimum absolute atomic E-state index is 0.484. The van der Waals surface area contributed by atoms with Crippen LogP contribution in [0.15, 0.2) is 54.7 Å². The maximum atomic E-state index is 8.49. The van der Waals surface area contributed by atoms with Crippen molar-refractivity contribution in [1.29, 1.82) is 5.41 Å². The Kier molecular flexibility index (Phi) is 7.41. The molecule has 156 valence electrons. The number of allylic oxidation sites excluding steroid dienone is 2. The zero-order valence-corrected chi connectivity index (χ0v) is 18.9. The van der Waals surface area contributed by atoms with E-state index < -0.39 is 0 Å². The highest BCUT2D eigenvalue weighted by Crippen LogP contribution is 2.29. The van der Waals surface area contributed by atoms with E-state index in [1.807, 2.05) is 24.3 Å². The number of hydrogen-bond acceptors (Lipinski definition) is 5. The van der Waals surface area contributed by atoms with E-state index >= 15 is 0 Å². The number of aromatic nitrogens is 1. The predicted molar refractivity (Wildman–Crippen MR) is 128 cm³/mol. The number of benzene rings is 2. The maximum Gasteiger partial charge on any atom is 0.183 e. The number of nitrogens with zero attached hydrogens (tertiary/aromatic N) is 1. The number of thiazole rings is 1. The van der Waals surface area contributed by atoms with Gasteiger partial charge in [-0.3, -0.25) is 5.41 Å². The molecule has 0 fully saturated rings. The fraction of sp³-hybridized carbons (Fsp3) is 0.280. The summed E-state index contributed by atoms with van der Waals surface area (Å²) in [7, 11) is 0. The lowest BCUT2D eigenvalue weighted by molar-refractivity contribution is 0.306. The molecule has 0 unspecified atom stereocenters. The van der Waals surface area contributed by atoms with Crippen LogP contribution >= 0.6 is 11.3 Å². The summed E-state index contributed by atoms with van der Waals surface area (Å²) in [5, 5.41) is 12.6. The average molecular weight is 420 g/mol. The molecule has 2 aromatic carbocycles. The van der Waals surface area contributed by atoms with Gasteiger partial charge in [0, 0.05) is 12.7 Å². The third kappa shape index (κ3) is 5.57. The van der Waals surface area contributed by atoms with Crippen LogP contribution in [0.5, 0.6) is 5.75 Å². The standard InChI is InChI=1S/C25H29N3OS/c1-5-11-27-25-28-15-23(30-25)22(26)14-19(4)24-17(2)12-21(13-18(24)3)29-16-20-9-7-6-8-10-20/h6-10,12-15,26H,5,11,16H2,1-4H3,(H,27,28)/b19-14+,26-22?. The van der Waals surface area contributed by atoms with Crippen LogP contribution in [-0.2, 0) is 6.61 Å². The van der Waals surface area contributed by atoms with Crippen LogP contribution in [0.4, 0.5) is 5.13 Å². The van der Waals surface area contributed by atoms with Gasteiger partial charge in [0.2, 0.25) is 0 Å². The number of hydrogen-bond donors (Lipinski definition) is 2.